The van der Waals surface area contributed by atoms with Crippen LogP contribution < -0.4 is 5.32 Å². The van der Waals surface area contributed by atoms with E-state index in [2.05, 4.69) is 47.4 Å². The average molecular weight is 485 g/mol. The second-order valence-electron chi connectivity index (χ2n) is 5.85. The van der Waals surface area contributed by atoms with Crippen molar-refractivity contribution in [2.75, 3.05) is 0 Å². The van der Waals surface area contributed by atoms with Crippen molar-refractivity contribution >= 4 is 37.8 Å². The summed E-state index contributed by atoms with van der Waals surface area (Å²) in [6.07, 6.45) is 1.72. The van der Waals surface area contributed by atoms with Crippen LogP contribution in [-0.4, -0.2) is 25.5 Å². The van der Waals surface area contributed by atoms with E-state index in [1.165, 1.54) is 0 Å². The van der Waals surface area contributed by atoms with Crippen LogP contribution in [0.1, 0.15) is 40.3 Å². The van der Waals surface area contributed by atoms with E-state index in [4.69, 9.17) is 4.42 Å². The Kier molecular flexibility index (Phi) is 5.67. The molecule has 0 saturated carbocycles. The van der Waals surface area contributed by atoms with E-state index in [9.17, 15) is 4.79 Å². The number of nitrogens with zero attached hydrogens (tertiary/aromatic N) is 4. The third-order valence-corrected chi connectivity index (χ3v) is 5.91. The molecule has 3 heterocycles. The van der Waals surface area contributed by atoms with Crippen LogP contribution in [0.4, 0.5) is 0 Å². The molecule has 1 amide bonds. The fraction of sp³-hybridized carbons (Fsp3) is 0.353. The molecule has 9 heteroatoms. The van der Waals surface area contributed by atoms with Gasteiger partial charge in [-0.2, -0.15) is 10.2 Å². The molecule has 3 rings (SSSR count). The first-order valence-corrected chi connectivity index (χ1v) is 9.75. The molecule has 0 fully saturated rings. The number of halogens is 2. The number of amides is 1. The smallest absolute Gasteiger partial charge is 0.287 e. The third kappa shape index (κ3) is 3.78. The Bertz CT molecular complexity index is 941. The van der Waals surface area contributed by atoms with Gasteiger partial charge < -0.3 is 9.73 Å². The normalized spacial score (nSPS) is 11.1. The Labute approximate surface area is 168 Å². The number of hydrogen-bond donors (Lipinski definition) is 1. The largest absolute Gasteiger partial charge is 0.454 e. The maximum atomic E-state index is 12.4. The second-order valence-corrected chi connectivity index (χ2v) is 7.49. The van der Waals surface area contributed by atoms with Gasteiger partial charge in [-0.15, -0.1) is 0 Å². The van der Waals surface area contributed by atoms with Crippen LogP contribution in [-0.2, 0) is 19.6 Å². The van der Waals surface area contributed by atoms with Crippen LogP contribution in [0.5, 0.6) is 0 Å². The van der Waals surface area contributed by atoms with Crippen LogP contribution in [0.2, 0.25) is 0 Å². The van der Waals surface area contributed by atoms with Gasteiger partial charge in [0, 0.05) is 6.54 Å². The Hall–Kier alpha value is -1.87. The predicted molar refractivity (Wildman–Crippen MR) is 104 cm³/mol. The van der Waals surface area contributed by atoms with E-state index in [0.717, 1.165) is 32.6 Å². The van der Waals surface area contributed by atoms with E-state index >= 15 is 0 Å². The molecule has 0 aliphatic carbocycles. The molecule has 0 saturated heterocycles. The summed E-state index contributed by atoms with van der Waals surface area (Å²) >= 11 is 6.96. The van der Waals surface area contributed by atoms with Gasteiger partial charge in [-0.25, -0.2) is 0 Å². The van der Waals surface area contributed by atoms with Gasteiger partial charge in [0.25, 0.3) is 5.91 Å². The van der Waals surface area contributed by atoms with Crippen molar-refractivity contribution in [1.82, 2.24) is 24.9 Å². The van der Waals surface area contributed by atoms with Crippen molar-refractivity contribution in [1.29, 1.82) is 0 Å². The number of furan rings is 1. The molecule has 3 aromatic heterocycles. The number of rotatable bonds is 6. The van der Waals surface area contributed by atoms with Crippen LogP contribution in [0.25, 0.3) is 0 Å². The van der Waals surface area contributed by atoms with Crippen molar-refractivity contribution in [3.63, 3.8) is 0 Å². The van der Waals surface area contributed by atoms with E-state index < -0.39 is 0 Å². The van der Waals surface area contributed by atoms with Crippen LogP contribution in [0.15, 0.2) is 31.7 Å². The molecule has 7 nitrogen and oxygen atoms in total. The van der Waals surface area contributed by atoms with E-state index in [0.29, 0.717) is 18.8 Å². The van der Waals surface area contributed by atoms with Crippen molar-refractivity contribution in [2.45, 2.75) is 40.4 Å². The van der Waals surface area contributed by atoms with Crippen molar-refractivity contribution in [3.8, 4) is 0 Å². The highest BCUT2D eigenvalue weighted by molar-refractivity contribution is 9.10. The van der Waals surface area contributed by atoms with E-state index in [-0.39, 0.29) is 11.7 Å². The molecular formula is C17H19Br2N5O2. The molecule has 0 atom stereocenters. The Morgan fingerprint density at radius 3 is 2.69 bits per heavy atom. The van der Waals surface area contributed by atoms with Crippen LogP contribution in [0, 0.1) is 13.8 Å². The topological polar surface area (TPSA) is 77.9 Å². The van der Waals surface area contributed by atoms with Gasteiger partial charge in [0.1, 0.15) is 5.76 Å². The highest BCUT2D eigenvalue weighted by atomic mass is 79.9. The molecule has 138 valence electrons. The molecule has 0 unspecified atom stereocenters. The standard InChI is InChI=1S/C17H19Br2N5O2/c1-4-23-14(13(18)7-21-23)8-20-17(25)15-6-5-12(26-15)9-24-11(3)16(19)10(2)22-24/h5-7H,4,8-9H2,1-3H3,(H,20,25). The average Bonchev–Trinajstić information content (AvgIpc) is 3.29. The maximum absolute atomic E-state index is 12.4. The van der Waals surface area contributed by atoms with Crippen LogP contribution in [0.3, 0.4) is 0 Å². The molecule has 0 spiro atoms. The SMILES string of the molecule is CCn1ncc(Br)c1CNC(=O)c1ccc(Cn2nc(C)c(Br)c2C)o1. The summed E-state index contributed by atoms with van der Waals surface area (Å²) < 4.78 is 11.2. The summed E-state index contributed by atoms with van der Waals surface area (Å²) in [5.41, 5.74) is 2.85. The molecular weight excluding hydrogens is 466 g/mol. The highest BCUT2D eigenvalue weighted by Gasteiger charge is 2.15. The molecule has 0 aliphatic rings. The van der Waals surface area contributed by atoms with Gasteiger partial charge in [0.05, 0.1) is 45.3 Å². The lowest BCUT2D eigenvalue weighted by Gasteiger charge is -2.07. The second kappa shape index (κ2) is 7.79. The lowest BCUT2D eigenvalue weighted by Crippen LogP contribution is -2.24. The molecule has 0 aliphatic heterocycles. The molecule has 26 heavy (non-hydrogen) atoms. The molecule has 1 N–H and O–H groups in total. The Balaban J connectivity index is 1.66. The predicted octanol–water partition coefficient (Wildman–Crippen LogP) is 3.81. The van der Waals surface area contributed by atoms with Gasteiger partial charge in [-0.3, -0.25) is 14.2 Å². The molecule has 0 aromatic carbocycles. The molecule has 0 radical (unpaired) electrons. The Morgan fingerprint density at radius 2 is 2.04 bits per heavy atom. The number of aryl methyl sites for hydroxylation is 2. The van der Waals surface area contributed by atoms with E-state index in [1.807, 2.05) is 30.1 Å². The third-order valence-electron chi connectivity index (χ3n) is 4.10. The zero-order chi connectivity index (χ0) is 18.8. The summed E-state index contributed by atoms with van der Waals surface area (Å²) in [5, 5.41) is 11.6. The first kappa shape index (κ1) is 18.9. The highest BCUT2D eigenvalue weighted by Crippen LogP contribution is 2.21. The summed E-state index contributed by atoms with van der Waals surface area (Å²) in [5.74, 6) is 0.689. The van der Waals surface area contributed by atoms with Crippen LogP contribution >= 0.6 is 31.9 Å². The quantitative estimate of drug-likeness (QED) is 0.577. The van der Waals surface area contributed by atoms with Gasteiger partial charge in [-0.1, -0.05) is 0 Å². The summed E-state index contributed by atoms with van der Waals surface area (Å²) in [7, 11) is 0. The summed E-state index contributed by atoms with van der Waals surface area (Å²) in [6, 6.07) is 3.48. The first-order valence-electron chi connectivity index (χ1n) is 8.17. The lowest BCUT2D eigenvalue weighted by molar-refractivity contribution is 0.0920. The van der Waals surface area contributed by atoms with Gasteiger partial charge in [0.15, 0.2) is 5.76 Å². The van der Waals surface area contributed by atoms with Gasteiger partial charge in [-0.05, 0) is 64.8 Å². The Morgan fingerprint density at radius 1 is 1.27 bits per heavy atom. The van der Waals surface area contributed by atoms with Gasteiger partial charge in [0.2, 0.25) is 0 Å². The van der Waals surface area contributed by atoms with Crippen molar-refractivity contribution in [2.24, 2.45) is 0 Å². The fourth-order valence-electron chi connectivity index (χ4n) is 2.65. The van der Waals surface area contributed by atoms with Crippen molar-refractivity contribution < 1.29 is 9.21 Å². The molecule has 0 bridgehead atoms. The number of hydrogen-bond acceptors (Lipinski definition) is 4. The number of carbonyl (C=O) groups excluding carboxylic acids is 1. The fourth-order valence-corrected chi connectivity index (χ4v) is 3.37. The van der Waals surface area contributed by atoms with Crippen molar-refractivity contribution in [3.05, 3.63) is 55.9 Å². The monoisotopic (exact) mass is 483 g/mol. The zero-order valence-corrected chi connectivity index (χ0v) is 17.9. The van der Waals surface area contributed by atoms with Gasteiger partial charge >= 0.3 is 0 Å². The molecule has 3 aromatic rings. The minimum Gasteiger partial charge on any atom is -0.454 e. The minimum atomic E-state index is -0.262. The number of carbonyl (C=O) groups is 1. The number of aromatic nitrogens is 4. The summed E-state index contributed by atoms with van der Waals surface area (Å²) in [4.78, 5) is 12.4. The first-order chi connectivity index (χ1) is 12.4. The lowest BCUT2D eigenvalue weighted by atomic mass is 10.3. The zero-order valence-electron chi connectivity index (χ0n) is 14.7. The van der Waals surface area contributed by atoms with E-state index in [1.54, 1.807) is 18.3 Å². The minimum absolute atomic E-state index is 0.262. The summed E-state index contributed by atoms with van der Waals surface area (Å²) in [6.45, 7) is 7.50. The maximum Gasteiger partial charge on any atom is 0.287 e. The number of nitrogens with one attached hydrogen (secondary N) is 1.